The number of hydrogen-bond donors (Lipinski definition) is 0. The first-order valence-electron chi connectivity index (χ1n) is 5.37. The molecular formula is C13H12FNO2S. The summed E-state index contributed by atoms with van der Waals surface area (Å²) in [5.74, 6) is 0. The Morgan fingerprint density at radius 2 is 1.78 bits per heavy atom. The number of benzene rings is 1. The summed E-state index contributed by atoms with van der Waals surface area (Å²) in [6.07, 6.45) is 1.33. The quantitative estimate of drug-likeness (QED) is 0.857. The average molecular weight is 265 g/mol. The smallest absolute Gasteiger partial charge is 0.231 e. The lowest BCUT2D eigenvalue weighted by molar-refractivity contribution is 0.429. The zero-order valence-electron chi connectivity index (χ0n) is 9.75. The fourth-order valence-electron chi connectivity index (χ4n) is 1.52. The van der Waals surface area contributed by atoms with E-state index in [2.05, 4.69) is 4.98 Å². The second-order valence-electron chi connectivity index (χ2n) is 3.94. The SMILES string of the molecule is Cc1ccc(C(F)S(=O)(=O)c2ccccn2)cc1. The van der Waals surface area contributed by atoms with E-state index in [1.54, 1.807) is 18.2 Å². The third kappa shape index (κ3) is 2.41. The van der Waals surface area contributed by atoms with Gasteiger partial charge >= 0.3 is 0 Å². The maximum atomic E-state index is 14.1. The van der Waals surface area contributed by atoms with Crippen molar-refractivity contribution in [1.82, 2.24) is 4.98 Å². The Labute approximate surface area is 105 Å². The van der Waals surface area contributed by atoms with E-state index in [9.17, 15) is 12.8 Å². The lowest BCUT2D eigenvalue weighted by Gasteiger charge is -2.09. The van der Waals surface area contributed by atoms with Crippen molar-refractivity contribution in [3.8, 4) is 0 Å². The van der Waals surface area contributed by atoms with Gasteiger partial charge < -0.3 is 0 Å². The minimum Gasteiger partial charge on any atom is -0.245 e. The standard InChI is InChI=1S/C13H12FNO2S/c1-10-5-7-11(8-6-10)13(14)18(16,17)12-4-2-3-9-15-12/h2-9,13H,1H3. The first-order valence-corrected chi connectivity index (χ1v) is 6.92. The molecule has 0 fully saturated rings. The molecule has 0 saturated heterocycles. The molecule has 0 N–H and O–H groups in total. The van der Waals surface area contributed by atoms with Crippen LogP contribution in [-0.2, 0) is 9.84 Å². The number of aryl methyl sites for hydroxylation is 1. The molecule has 0 spiro atoms. The molecule has 94 valence electrons. The molecule has 1 atom stereocenters. The Morgan fingerprint density at radius 3 is 2.33 bits per heavy atom. The highest BCUT2D eigenvalue weighted by atomic mass is 32.2. The molecule has 1 unspecified atom stereocenters. The predicted octanol–water partition coefficient (Wildman–Crippen LogP) is 2.83. The molecular weight excluding hydrogens is 253 g/mol. The number of rotatable bonds is 3. The average Bonchev–Trinajstić information content (AvgIpc) is 2.40. The maximum Gasteiger partial charge on any atom is 0.231 e. The van der Waals surface area contributed by atoms with E-state index in [0.29, 0.717) is 0 Å². The molecule has 0 aliphatic heterocycles. The molecule has 3 nitrogen and oxygen atoms in total. The minimum atomic E-state index is -4.08. The topological polar surface area (TPSA) is 47.0 Å². The van der Waals surface area contributed by atoms with Gasteiger partial charge in [-0.15, -0.1) is 0 Å². The van der Waals surface area contributed by atoms with E-state index in [4.69, 9.17) is 0 Å². The van der Waals surface area contributed by atoms with Gasteiger partial charge in [-0.25, -0.2) is 17.8 Å². The van der Waals surface area contributed by atoms with Crippen molar-refractivity contribution in [2.24, 2.45) is 0 Å². The van der Waals surface area contributed by atoms with Crippen LogP contribution >= 0.6 is 0 Å². The number of sulfone groups is 1. The first kappa shape index (κ1) is 12.7. The second kappa shape index (κ2) is 4.86. The summed E-state index contributed by atoms with van der Waals surface area (Å²) in [5.41, 5.74) is -1.03. The van der Waals surface area contributed by atoms with Crippen LogP contribution in [0.3, 0.4) is 0 Å². The van der Waals surface area contributed by atoms with Crippen molar-refractivity contribution in [3.05, 3.63) is 59.8 Å². The predicted molar refractivity (Wildman–Crippen MR) is 66.5 cm³/mol. The van der Waals surface area contributed by atoms with Gasteiger partial charge in [-0.05, 0) is 19.1 Å². The van der Waals surface area contributed by atoms with Crippen LogP contribution in [0.5, 0.6) is 0 Å². The van der Waals surface area contributed by atoms with Gasteiger partial charge in [-0.1, -0.05) is 35.9 Å². The summed E-state index contributed by atoms with van der Waals surface area (Å²) in [7, 11) is -4.08. The van der Waals surface area contributed by atoms with Gasteiger partial charge in [0.25, 0.3) is 0 Å². The summed E-state index contributed by atoms with van der Waals surface area (Å²) in [4.78, 5) is 3.69. The van der Waals surface area contributed by atoms with Crippen LogP contribution in [0.2, 0.25) is 0 Å². The molecule has 0 aliphatic carbocycles. The van der Waals surface area contributed by atoms with E-state index >= 15 is 0 Å². The van der Waals surface area contributed by atoms with Crippen molar-refractivity contribution in [2.75, 3.05) is 0 Å². The lowest BCUT2D eigenvalue weighted by atomic mass is 10.2. The van der Waals surface area contributed by atoms with Crippen molar-refractivity contribution in [2.45, 2.75) is 17.5 Å². The van der Waals surface area contributed by atoms with Crippen molar-refractivity contribution < 1.29 is 12.8 Å². The summed E-state index contributed by atoms with van der Waals surface area (Å²) >= 11 is 0. The monoisotopic (exact) mass is 265 g/mol. The van der Waals surface area contributed by atoms with Gasteiger partial charge in [0.1, 0.15) is 0 Å². The third-order valence-electron chi connectivity index (χ3n) is 2.54. The van der Waals surface area contributed by atoms with E-state index in [1.807, 2.05) is 6.92 Å². The Hall–Kier alpha value is -1.75. The molecule has 1 aromatic carbocycles. The molecule has 0 saturated carbocycles. The lowest BCUT2D eigenvalue weighted by Crippen LogP contribution is -2.11. The van der Waals surface area contributed by atoms with Gasteiger partial charge in [0.2, 0.25) is 15.3 Å². The second-order valence-corrected chi connectivity index (χ2v) is 5.86. The van der Waals surface area contributed by atoms with Crippen LogP contribution < -0.4 is 0 Å². The highest BCUT2D eigenvalue weighted by Crippen LogP contribution is 2.28. The molecule has 0 radical (unpaired) electrons. The number of pyridine rings is 1. The molecule has 2 rings (SSSR count). The van der Waals surface area contributed by atoms with Crippen LogP contribution in [0.25, 0.3) is 0 Å². The van der Waals surface area contributed by atoms with Gasteiger partial charge in [0, 0.05) is 11.8 Å². The number of hydrogen-bond acceptors (Lipinski definition) is 3. The van der Waals surface area contributed by atoms with Crippen LogP contribution in [0, 0.1) is 6.92 Å². The zero-order chi connectivity index (χ0) is 13.2. The van der Waals surface area contributed by atoms with Crippen LogP contribution in [0.15, 0.2) is 53.7 Å². The number of nitrogens with zero attached hydrogens (tertiary/aromatic N) is 1. The number of alkyl halides is 1. The van der Waals surface area contributed by atoms with E-state index in [-0.39, 0.29) is 10.6 Å². The highest BCUT2D eigenvalue weighted by Gasteiger charge is 2.29. The normalized spacial score (nSPS) is 13.2. The Balaban J connectivity index is 2.39. The fourth-order valence-corrected chi connectivity index (χ4v) is 2.72. The van der Waals surface area contributed by atoms with Crippen molar-refractivity contribution >= 4 is 9.84 Å². The number of halogens is 1. The third-order valence-corrected chi connectivity index (χ3v) is 4.18. The van der Waals surface area contributed by atoms with Crippen molar-refractivity contribution in [1.29, 1.82) is 0 Å². The fraction of sp³-hybridized carbons (Fsp3) is 0.154. The van der Waals surface area contributed by atoms with E-state index in [0.717, 1.165) is 5.56 Å². The minimum absolute atomic E-state index is 0.117. The molecule has 18 heavy (non-hydrogen) atoms. The summed E-state index contributed by atoms with van der Waals surface area (Å²) in [6.45, 7) is 1.85. The molecule has 0 aliphatic rings. The van der Waals surface area contributed by atoms with Crippen LogP contribution in [0.1, 0.15) is 16.6 Å². The largest absolute Gasteiger partial charge is 0.245 e. The van der Waals surface area contributed by atoms with Gasteiger partial charge in [-0.2, -0.15) is 0 Å². The first-order chi connectivity index (χ1) is 8.51. The van der Waals surface area contributed by atoms with Crippen LogP contribution in [0.4, 0.5) is 4.39 Å². The molecule has 2 aromatic rings. The van der Waals surface area contributed by atoms with E-state index < -0.39 is 15.3 Å². The maximum absolute atomic E-state index is 14.1. The number of aromatic nitrogens is 1. The molecule has 1 heterocycles. The Kier molecular flexibility index (Phi) is 3.43. The molecule has 0 amide bonds. The highest BCUT2D eigenvalue weighted by molar-refractivity contribution is 7.91. The van der Waals surface area contributed by atoms with Gasteiger partial charge in [-0.3, -0.25) is 0 Å². The summed E-state index contributed by atoms with van der Waals surface area (Å²) in [6, 6.07) is 10.7. The van der Waals surface area contributed by atoms with Gasteiger partial charge in [0.15, 0.2) is 5.03 Å². The van der Waals surface area contributed by atoms with Crippen LogP contribution in [-0.4, -0.2) is 13.4 Å². The molecule has 1 aromatic heterocycles. The molecule has 0 bridgehead atoms. The summed E-state index contributed by atoms with van der Waals surface area (Å²) < 4.78 is 38.1. The van der Waals surface area contributed by atoms with Gasteiger partial charge in [0.05, 0.1) is 0 Å². The van der Waals surface area contributed by atoms with Crippen molar-refractivity contribution in [3.63, 3.8) is 0 Å². The zero-order valence-corrected chi connectivity index (χ0v) is 10.6. The van der Waals surface area contributed by atoms with E-state index in [1.165, 1.54) is 30.5 Å². The summed E-state index contributed by atoms with van der Waals surface area (Å²) in [5, 5.41) is -0.252. The molecule has 5 heteroatoms. The Bertz CT molecular complexity index is 624. The Morgan fingerprint density at radius 1 is 1.11 bits per heavy atom.